The molecular weight excluding hydrogens is 417 g/mol. The highest BCUT2D eigenvalue weighted by molar-refractivity contribution is 9.10. The Kier molecular flexibility index (Phi) is 5.18. The number of halogens is 4. The molecule has 1 aromatic carbocycles. The summed E-state index contributed by atoms with van der Waals surface area (Å²) in [5, 5.41) is 4.90. The van der Waals surface area contributed by atoms with E-state index in [0.29, 0.717) is 10.2 Å². The molecule has 24 heavy (non-hydrogen) atoms. The van der Waals surface area contributed by atoms with Crippen LogP contribution in [0.15, 0.2) is 16.6 Å². The molecule has 0 fully saturated rings. The van der Waals surface area contributed by atoms with Crippen LogP contribution in [0.2, 0.25) is 0 Å². The van der Waals surface area contributed by atoms with Crippen LogP contribution in [0.4, 0.5) is 28.8 Å². The maximum absolute atomic E-state index is 12.7. The normalized spacial score (nSPS) is 11.2. The number of benzene rings is 1. The Morgan fingerprint density at radius 2 is 1.88 bits per heavy atom. The number of hydrogen-bond donors (Lipinski definition) is 1. The largest absolute Gasteiger partial charge is 0.495 e. The second-order valence-electron chi connectivity index (χ2n) is 4.22. The first-order chi connectivity index (χ1) is 11.2. The molecule has 130 valence electrons. The monoisotopic (exact) mass is 426 g/mol. The van der Waals surface area contributed by atoms with Gasteiger partial charge in [0, 0.05) is 6.07 Å². The van der Waals surface area contributed by atoms with Crippen molar-refractivity contribution in [3.05, 3.63) is 21.6 Å². The molecule has 0 saturated heterocycles. The Morgan fingerprint density at radius 1 is 1.25 bits per heavy atom. The fourth-order valence-corrected chi connectivity index (χ4v) is 2.98. The van der Waals surface area contributed by atoms with Gasteiger partial charge in [0.1, 0.15) is 11.5 Å². The zero-order valence-electron chi connectivity index (χ0n) is 12.2. The molecule has 0 unspecified atom stereocenters. The maximum atomic E-state index is 12.7. The summed E-state index contributed by atoms with van der Waals surface area (Å²) in [4.78, 5) is 12.6. The Morgan fingerprint density at radius 3 is 2.33 bits per heavy atom. The van der Waals surface area contributed by atoms with Crippen LogP contribution >= 0.6 is 27.3 Å². The molecule has 0 saturated carbocycles. The van der Waals surface area contributed by atoms with Crippen molar-refractivity contribution >= 4 is 44.1 Å². The second-order valence-corrected chi connectivity index (χ2v) is 6.03. The van der Waals surface area contributed by atoms with E-state index in [-0.39, 0.29) is 27.9 Å². The predicted octanol–water partition coefficient (Wildman–Crippen LogP) is 3.55. The number of nitrogens with two attached hydrogens (primary N) is 1. The van der Waals surface area contributed by atoms with Gasteiger partial charge in [-0.05, 0) is 22.0 Å². The van der Waals surface area contributed by atoms with E-state index in [0.717, 1.165) is 4.90 Å². The minimum Gasteiger partial charge on any atom is -0.495 e. The molecule has 2 aromatic rings. The number of ether oxygens (including phenoxy) is 2. The van der Waals surface area contributed by atoms with Gasteiger partial charge in [0.25, 0.3) is 0 Å². The van der Waals surface area contributed by atoms with E-state index in [9.17, 15) is 18.0 Å². The number of amides is 2. The van der Waals surface area contributed by atoms with Crippen LogP contribution in [0.5, 0.6) is 11.5 Å². The summed E-state index contributed by atoms with van der Waals surface area (Å²) in [7, 11) is 2.75. The number of aromatic nitrogens is 2. The highest BCUT2D eigenvalue weighted by Crippen LogP contribution is 2.43. The minimum absolute atomic E-state index is 0.0857. The van der Waals surface area contributed by atoms with E-state index in [1.165, 1.54) is 26.4 Å². The number of nitrogens with zero attached hydrogens (tertiary/aromatic N) is 3. The van der Waals surface area contributed by atoms with E-state index in [4.69, 9.17) is 15.2 Å². The fourth-order valence-electron chi connectivity index (χ4n) is 1.76. The highest BCUT2D eigenvalue weighted by Gasteiger charge is 2.37. The second kappa shape index (κ2) is 6.81. The molecule has 2 N–H and O–H groups in total. The topological polar surface area (TPSA) is 90.6 Å². The Labute approximate surface area is 146 Å². The number of carbonyl (C=O) groups is 1. The summed E-state index contributed by atoms with van der Waals surface area (Å²) in [6.45, 7) is 0. The van der Waals surface area contributed by atoms with Crippen LogP contribution in [0.1, 0.15) is 5.01 Å². The average Bonchev–Trinajstić information content (AvgIpc) is 2.97. The van der Waals surface area contributed by atoms with Gasteiger partial charge in [0.05, 0.1) is 24.4 Å². The quantitative estimate of drug-likeness (QED) is 0.806. The van der Waals surface area contributed by atoms with Crippen molar-refractivity contribution in [3.63, 3.8) is 0 Å². The van der Waals surface area contributed by atoms with E-state index in [1.54, 1.807) is 0 Å². The molecule has 0 radical (unpaired) electrons. The first kappa shape index (κ1) is 18.3. The molecule has 0 aliphatic heterocycles. The Balaban J connectivity index is 2.58. The number of carbonyl (C=O) groups excluding carboxylic acids is 1. The predicted molar refractivity (Wildman–Crippen MR) is 83.9 cm³/mol. The van der Waals surface area contributed by atoms with Crippen LogP contribution in [-0.2, 0) is 6.18 Å². The van der Waals surface area contributed by atoms with Crippen molar-refractivity contribution in [2.24, 2.45) is 5.73 Å². The van der Waals surface area contributed by atoms with E-state index >= 15 is 0 Å². The molecule has 0 bridgehead atoms. The summed E-state index contributed by atoms with van der Waals surface area (Å²) < 4.78 is 48.8. The van der Waals surface area contributed by atoms with Crippen molar-refractivity contribution in [2.45, 2.75) is 6.18 Å². The zero-order chi connectivity index (χ0) is 18.1. The Hall–Kier alpha value is -2.08. The van der Waals surface area contributed by atoms with Crippen molar-refractivity contribution in [2.75, 3.05) is 19.1 Å². The number of urea groups is 1. The number of hydrogen-bond acceptors (Lipinski definition) is 6. The lowest BCUT2D eigenvalue weighted by atomic mass is 10.2. The van der Waals surface area contributed by atoms with Gasteiger partial charge in [-0.15, -0.1) is 10.2 Å². The standard InChI is InChI=1S/C12H10BrF3N4O3S/c1-22-7-4-8(23-2)6(3-5(7)13)20(10(17)21)11-19-18-9(24-11)12(14,15)16/h3-4H,1-2H3,(H2,17,21). The van der Waals surface area contributed by atoms with Gasteiger partial charge in [-0.3, -0.25) is 0 Å². The molecule has 1 aromatic heterocycles. The molecular formula is C12H10BrF3N4O3S. The SMILES string of the molecule is COc1cc(OC)c(N(C(N)=O)c2nnc(C(F)(F)F)s2)cc1Br. The molecule has 12 heteroatoms. The Bertz CT molecular complexity index is 768. The van der Waals surface area contributed by atoms with Crippen LogP contribution in [0.25, 0.3) is 0 Å². The molecule has 0 aliphatic carbocycles. The molecule has 0 aliphatic rings. The fraction of sp³-hybridized carbons (Fsp3) is 0.250. The third kappa shape index (κ3) is 3.53. The van der Waals surface area contributed by atoms with Gasteiger partial charge < -0.3 is 15.2 Å². The summed E-state index contributed by atoms with van der Waals surface area (Å²) >= 11 is 3.41. The number of anilines is 2. The van der Waals surface area contributed by atoms with E-state index < -0.39 is 17.2 Å². The summed E-state index contributed by atoms with van der Waals surface area (Å²) in [5.41, 5.74) is 5.39. The van der Waals surface area contributed by atoms with Gasteiger partial charge >= 0.3 is 12.2 Å². The molecule has 7 nitrogen and oxygen atoms in total. The van der Waals surface area contributed by atoms with Crippen molar-refractivity contribution in [3.8, 4) is 11.5 Å². The molecule has 2 rings (SSSR count). The molecule has 0 atom stereocenters. The van der Waals surface area contributed by atoms with Crippen LogP contribution in [0.3, 0.4) is 0 Å². The molecule has 2 amide bonds. The number of rotatable bonds is 4. The number of primary amides is 1. The molecule has 1 heterocycles. The van der Waals surface area contributed by atoms with Crippen LogP contribution in [-0.4, -0.2) is 30.4 Å². The first-order valence-electron chi connectivity index (χ1n) is 6.10. The average molecular weight is 427 g/mol. The van der Waals surface area contributed by atoms with E-state index in [2.05, 4.69) is 26.1 Å². The zero-order valence-corrected chi connectivity index (χ0v) is 14.6. The van der Waals surface area contributed by atoms with Crippen LogP contribution in [0, 0.1) is 0 Å². The van der Waals surface area contributed by atoms with Crippen molar-refractivity contribution in [1.29, 1.82) is 0 Å². The minimum atomic E-state index is -4.68. The lowest BCUT2D eigenvalue weighted by molar-refractivity contribution is -0.138. The van der Waals surface area contributed by atoms with Gasteiger partial charge in [-0.25, -0.2) is 9.69 Å². The number of methoxy groups -OCH3 is 2. The smallest absolute Gasteiger partial charge is 0.445 e. The maximum Gasteiger partial charge on any atom is 0.445 e. The lowest BCUT2D eigenvalue weighted by Crippen LogP contribution is -2.31. The van der Waals surface area contributed by atoms with Gasteiger partial charge in [-0.1, -0.05) is 11.3 Å². The van der Waals surface area contributed by atoms with E-state index in [1.807, 2.05) is 0 Å². The molecule has 0 spiro atoms. The van der Waals surface area contributed by atoms with Crippen LogP contribution < -0.4 is 20.1 Å². The summed E-state index contributed by atoms with van der Waals surface area (Å²) in [5.74, 6) is 0.547. The van der Waals surface area contributed by atoms with Crippen molar-refractivity contribution < 1.29 is 27.4 Å². The summed E-state index contributed by atoms with van der Waals surface area (Å²) in [6, 6.07) is 1.81. The van der Waals surface area contributed by atoms with Gasteiger partial charge in [0.2, 0.25) is 10.1 Å². The van der Waals surface area contributed by atoms with Crippen molar-refractivity contribution in [1.82, 2.24) is 10.2 Å². The highest BCUT2D eigenvalue weighted by atomic mass is 79.9. The third-order valence-corrected chi connectivity index (χ3v) is 4.34. The van der Waals surface area contributed by atoms with Gasteiger partial charge in [-0.2, -0.15) is 13.2 Å². The van der Waals surface area contributed by atoms with Gasteiger partial charge in [0.15, 0.2) is 0 Å². The first-order valence-corrected chi connectivity index (χ1v) is 7.71. The lowest BCUT2D eigenvalue weighted by Gasteiger charge is -2.20. The third-order valence-electron chi connectivity index (χ3n) is 2.76. The summed E-state index contributed by atoms with van der Waals surface area (Å²) in [6.07, 6.45) is -4.68. The number of alkyl halides is 3.